The summed E-state index contributed by atoms with van der Waals surface area (Å²) >= 11 is 6.17. The Morgan fingerprint density at radius 2 is 1.67 bits per heavy atom. The second kappa shape index (κ2) is 13.0. The Labute approximate surface area is 232 Å². The lowest BCUT2D eigenvalue weighted by Gasteiger charge is -2.26. The summed E-state index contributed by atoms with van der Waals surface area (Å²) in [6, 6.07) is 18.8. The molecule has 0 aliphatic carbocycles. The number of hydrogen-bond acceptors (Lipinski definition) is 6. The van der Waals surface area contributed by atoms with Crippen molar-refractivity contribution in [3.05, 3.63) is 94.0 Å². The SMILES string of the molecule is CCCOc1ccc(CN2C(=O)NC(=O)/C(=C\c3ccc(OCc4ccccc4Cl)cc3)C2=O)cc1OCC. The third-order valence-corrected chi connectivity index (χ3v) is 6.21. The topological polar surface area (TPSA) is 94.2 Å². The number of halogens is 1. The number of nitrogens with zero attached hydrogens (tertiary/aromatic N) is 1. The fourth-order valence-electron chi connectivity index (χ4n) is 3.87. The molecule has 4 rings (SSSR count). The van der Waals surface area contributed by atoms with Crippen molar-refractivity contribution in [3.63, 3.8) is 0 Å². The minimum absolute atomic E-state index is 0.0434. The molecule has 0 atom stereocenters. The normalized spacial score (nSPS) is 14.4. The van der Waals surface area contributed by atoms with Gasteiger partial charge >= 0.3 is 6.03 Å². The van der Waals surface area contributed by atoms with E-state index in [4.69, 9.17) is 25.8 Å². The highest BCUT2D eigenvalue weighted by atomic mass is 35.5. The standard InChI is InChI=1S/C30H29ClN2O6/c1-3-15-38-26-14-11-21(17-27(26)37-4-2)18-33-29(35)24(28(34)32-30(33)36)16-20-9-12-23(13-10-20)39-19-22-7-5-6-8-25(22)31/h5-14,16-17H,3-4,15,18-19H2,1-2H3,(H,32,34,36)/b24-16+. The number of rotatable bonds is 11. The third-order valence-electron chi connectivity index (χ3n) is 5.84. The van der Waals surface area contributed by atoms with Crippen molar-refractivity contribution in [1.82, 2.24) is 10.2 Å². The summed E-state index contributed by atoms with van der Waals surface area (Å²) in [6.45, 7) is 5.09. The summed E-state index contributed by atoms with van der Waals surface area (Å²) in [6.07, 6.45) is 2.29. The van der Waals surface area contributed by atoms with E-state index < -0.39 is 17.8 Å². The average molecular weight is 549 g/mol. The highest BCUT2D eigenvalue weighted by Crippen LogP contribution is 2.30. The van der Waals surface area contributed by atoms with Crippen molar-refractivity contribution < 1.29 is 28.6 Å². The molecule has 0 radical (unpaired) electrons. The number of carbonyl (C=O) groups is 3. The lowest BCUT2D eigenvalue weighted by Crippen LogP contribution is -2.53. The van der Waals surface area contributed by atoms with Crippen molar-refractivity contribution in [1.29, 1.82) is 0 Å². The van der Waals surface area contributed by atoms with E-state index in [1.807, 2.05) is 32.0 Å². The first-order valence-electron chi connectivity index (χ1n) is 12.6. The number of carbonyl (C=O) groups excluding carboxylic acids is 3. The molecule has 1 fully saturated rings. The van der Waals surface area contributed by atoms with Crippen molar-refractivity contribution in [2.75, 3.05) is 13.2 Å². The fraction of sp³-hybridized carbons (Fsp3) is 0.233. The predicted molar refractivity (Wildman–Crippen MR) is 148 cm³/mol. The van der Waals surface area contributed by atoms with Crippen LogP contribution in [0.3, 0.4) is 0 Å². The second-order valence-corrected chi connectivity index (χ2v) is 9.13. The Hall–Kier alpha value is -4.30. The van der Waals surface area contributed by atoms with Gasteiger partial charge in [-0.2, -0.15) is 0 Å². The van der Waals surface area contributed by atoms with Gasteiger partial charge in [-0.15, -0.1) is 0 Å². The zero-order valence-corrected chi connectivity index (χ0v) is 22.5. The average Bonchev–Trinajstić information content (AvgIpc) is 2.93. The summed E-state index contributed by atoms with van der Waals surface area (Å²) in [5.41, 5.74) is 1.96. The Morgan fingerprint density at radius 1 is 0.897 bits per heavy atom. The molecular weight excluding hydrogens is 520 g/mol. The van der Waals surface area contributed by atoms with E-state index in [1.165, 1.54) is 6.08 Å². The van der Waals surface area contributed by atoms with Crippen molar-refractivity contribution >= 4 is 35.5 Å². The Kier molecular flexibility index (Phi) is 9.22. The summed E-state index contributed by atoms with van der Waals surface area (Å²) in [7, 11) is 0. The zero-order chi connectivity index (χ0) is 27.8. The molecule has 1 N–H and O–H groups in total. The Balaban J connectivity index is 1.48. The van der Waals surface area contributed by atoms with Crippen LogP contribution in [-0.2, 0) is 22.7 Å². The highest BCUT2D eigenvalue weighted by Gasteiger charge is 2.35. The van der Waals surface area contributed by atoms with Crippen molar-refractivity contribution in [2.45, 2.75) is 33.4 Å². The van der Waals surface area contributed by atoms with E-state index in [9.17, 15) is 14.4 Å². The van der Waals surface area contributed by atoms with E-state index in [0.29, 0.717) is 53.2 Å². The minimum atomic E-state index is -0.783. The lowest BCUT2D eigenvalue weighted by atomic mass is 10.1. The van der Waals surface area contributed by atoms with Crippen LogP contribution in [0.15, 0.2) is 72.3 Å². The van der Waals surface area contributed by atoms with E-state index in [1.54, 1.807) is 48.5 Å². The van der Waals surface area contributed by atoms with Crippen molar-refractivity contribution in [2.24, 2.45) is 0 Å². The van der Waals surface area contributed by atoms with Gasteiger partial charge in [-0.25, -0.2) is 4.79 Å². The van der Waals surface area contributed by atoms with Gasteiger partial charge in [0.1, 0.15) is 17.9 Å². The number of barbiturate groups is 1. The molecule has 9 heteroatoms. The molecule has 1 heterocycles. The van der Waals surface area contributed by atoms with Crippen LogP contribution in [0.1, 0.15) is 37.0 Å². The summed E-state index contributed by atoms with van der Waals surface area (Å²) in [4.78, 5) is 39.3. The van der Waals surface area contributed by atoms with Gasteiger partial charge in [-0.1, -0.05) is 54.9 Å². The Bertz CT molecular complexity index is 1390. The number of ether oxygens (including phenoxy) is 3. The fourth-order valence-corrected chi connectivity index (χ4v) is 4.06. The first kappa shape index (κ1) is 27.7. The maximum absolute atomic E-state index is 13.2. The molecule has 1 aliphatic heterocycles. The van der Waals surface area contributed by atoms with Crippen LogP contribution in [-0.4, -0.2) is 36.0 Å². The molecule has 0 unspecified atom stereocenters. The van der Waals surface area contributed by atoms with Crippen LogP contribution in [0.2, 0.25) is 5.02 Å². The summed E-state index contributed by atoms with van der Waals surface area (Å²) in [5, 5.41) is 2.87. The van der Waals surface area contributed by atoms with Gasteiger partial charge in [0.05, 0.1) is 19.8 Å². The van der Waals surface area contributed by atoms with Gasteiger partial charge in [0.2, 0.25) is 0 Å². The van der Waals surface area contributed by atoms with E-state index in [-0.39, 0.29) is 12.1 Å². The van der Waals surface area contributed by atoms with Gasteiger partial charge < -0.3 is 14.2 Å². The minimum Gasteiger partial charge on any atom is -0.490 e. The molecule has 8 nitrogen and oxygen atoms in total. The first-order chi connectivity index (χ1) is 18.9. The van der Waals surface area contributed by atoms with Gasteiger partial charge in [-0.05, 0) is 60.9 Å². The van der Waals surface area contributed by atoms with Gasteiger partial charge in [0, 0.05) is 10.6 Å². The Morgan fingerprint density at radius 3 is 2.38 bits per heavy atom. The quantitative estimate of drug-likeness (QED) is 0.241. The smallest absolute Gasteiger partial charge is 0.331 e. The molecule has 202 valence electrons. The van der Waals surface area contributed by atoms with E-state index in [2.05, 4.69) is 5.32 Å². The molecule has 1 saturated heterocycles. The second-order valence-electron chi connectivity index (χ2n) is 8.72. The van der Waals surface area contributed by atoms with Crippen LogP contribution in [0.4, 0.5) is 4.79 Å². The number of imide groups is 2. The number of nitrogens with one attached hydrogen (secondary N) is 1. The van der Waals surface area contributed by atoms with Crippen LogP contribution in [0, 0.1) is 0 Å². The molecule has 1 aliphatic rings. The van der Waals surface area contributed by atoms with E-state index >= 15 is 0 Å². The molecule has 0 bridgehead atoms. The molecule has 0 saturated carbocycles. The van der Waals surface area contributed by atoms with Crippen molar-refractivity contribution in [3.8, 4) is 17.2 Å². The van der Waals surface area contributed by atoms with Crippen LogP contribution < -0.4 is 19.5 Å². The van der Waals surface area contributed by atoms with Crippen LogP contribution in [0.25, 0.3) is 6.08 Å². The predicted octanol–water partition coefficient (Wildman–Crippen LogP) is 5.77. The molecule has 3 aromatic carbocycles. The molecule has 0 aromatic heterocycles. The summed E-state index contributed by atoms with van der Waals surface area (Å²) < 4.78 is 17.2. The first-order valence-corrected chi connectivity index (χ1v) is 13.0. The largest absolute Gasteiger partial charge is 0.490 e. The number of amides is 4. The molecule has 4 amide bonds. The lowest BCUT2D eigenvalue weighted by molar-refractivity contribution is -0.130. The van der Waals surface area contributed by atoms with Gasteiger partial charge in [-0.3, -0.25) is 19.8 Å². The maximum Gasteiger partial charge on any atom is 0.331 e. The molecule has 3 aromatic rings. The van der Waals surface area contributed by atoms with E-state index in [0.717, 1.165) is 16.9 Å². The molecule has 39 heavy (non-hydrogen) atoms. The van der Waals surface area contributed by atoms with Gasteiger partial charge in [0.15, 0.2) is 11.5 Å². The zero-order valence-electron chi connectivity index (χ0n) is 21.7. The van der Waals surface area contributed by atoms with Crippen LogP contribution >= 0.6 is 11.6 Å². The summed E-state index contributed by atoms with van der Waals surface area (Å²) in [5.74, 6) is 0.277. The number of hydrogen-bond donors (Lipinski definition) is 1. The maximum atomic E-state index is 13.2. The van der Waals surface area contributed by atoms with Crippen LogP contribution in [0.5, 0.6) is 17.2 Å². The monoisotopic (exact) mass is 548 g/mol. The van der Waals surface area contributed by atoms with Gasteiger partial charge in [0.25, 0.3) is 11.8 Å². The number of benzene rings is 3. The number of urea groups is 1. The highest BCUT2D eigenvalue weighted by molar-refractivity contribution is 6.31. The third kappa shape index (κ3) is 6.97. The molecule has 0 spiro atoms. The molecular formula is C30H29ClN2O6.